The maximum atomic E-state index is 5.28. The molecule has 1 aromatic carbocycles. The van der Waals surface area contributed by atoms with E-state index in [0.29, 0.717) is 11.0 Å². The molecule has 0 saturated carbocycles. The predicted octanol–water partition coefficient (Wildman–Crippen LogP) is 4.40. The standard InChI is InChI=1S/C16H19N3S/c1-3-12(2)13-6-8-14(9-7-13)18-16(20)19-15-5-4-10-17-11-15/h4-12H,3H2,1-2H3,(H2,18,19,20). The number of nitrogens with one attached hydrogen (secondary N) is 2. The highest BCUT2D eigenvalue weighted by Crippen LogP contribution is 2.20. The summed E-state index contributed by atoms with van der Waals surface area (Å²) in [6.07, 6.45) is 4.61. The minimum absolute atomic E-state index is 0.564. The largest absolute Gasteiger partial charge is 0.332 e. The molecule has 0 bridgehead atoms. The quantitative estimate of drug-likeness (QED) is 0.816. The van der Waals surface area contributed by atoms with Crippen molar-refractivity contribution in [2.75, 3.05) is 10.6 Å². The second kappa shape index (κ2) is 7.01. The molecular weight excluding hydrogens is 266 g/mol. The van der Waals surface area contributed by atoms with Crippen LogP contribution in [0.15, 0.2) is 48.8 Å². The minimum Gasteiger partial charge on any atom is -0.332 e. The zero-order valence-corrected chi connectivity index (χ0v) is 12.6. The number of anilines is 2. The van der Waals surface area contributed by atoms with Gasteiger partial charge >= 0.3 is 0 Å². The Bertz CT molecular complexity index is 552. The van der Waals surface area contributed by atoms with Crippen LogP contribution in [0.5, 0.6) is 0 Å². The van der Waals surface area contributed by atoms with Crippen molar-refractivity contribution < 1.29 is 0 Å². The van der Waals surface area contributed by atoms with Crippen LogP contribution in [0.2, 0.25) is 0 Å². The fourth-order valence-electron chi connectivity index (χ4n) is 1.86. The van der Waals surface area contributed by atoms with E-state index in [2.05, 4.69) is 53.7 Å². The molecule has 104 valence electrons. The maximum absolute atomic E-state index is 5.28. The van der Waals surface area contributed by atoms with Crippen molar-refractivity contribution in [2.24, 2.45) is 0 Å². The third-order valence-electron chi connectivity index (χ3n) is 3.27. The van der Waals surface area contributed by atoms with Gasteiger partial charge in [0.05, 0.1) is 11.9 Å². The Balaban J connectivity index is 1.94. The van der Waals surface area contributed by atoms with Crippen LogP contribution in [0.3, 0.4) is 0 Å². The number of benzene rings is 1. The number of rotatable bonds is 4. The second-order valence-electron chi connectivity index (χ2n) is 4.75. The molecule has 1 atom stereocenters. The van der Waals surface area contributed by atoms with Crippen LogP contribution in [-0.2, 0) is 0 Å². The van der Waals surface area contributed by atoms with Gasteiger partial charge in [0.25, 0.3) is 0 Å². The van der Waals surface area contributed by atoms with E-state index in [9.17, 15) is 0 Å². The normalized spacial score (nSPS) is 11.7. The molecule has 1 unspecified atom stereocenters. The Kier molecular flexibility index (Phi) is 5.07. The van der Waals surface area contributed by atoms with E-state index in [1.54, 1.807) is 12.4 Å². The molecule has 0 aliphatic heterocycles. The molecule has 2 rings (SSSR count). The van der Waals surface area contributed by atoms with Gasteiger partial charge < -0.3 is 10.6 Å². The van der Waals surface area contributed by atoms with Crippen molar-refractivity contribution in [3.63, 3.8) is 0 Å². The summed E-state index contributed by atoms with van der Waals surface area (Å²) in [7, 11) is 0. The van der Waals surface area contributed by atoms with Crippen molar-refractivity contribution >= 4 is 28.7 Å². The molecule has 0 saturated heterocycles. The topological polar surface area (TPSA) is 37.0 Å². The molecule has 3 nitrogen and oxygen atoms in total. The van der Waals surface area contributed by atoms with E-state index in [1.165, 1.54) is 5.56 Å². The summed E-state index contributed by atoms with van der Waals surface area (Å²) in [6, 6.07) is 12.2. The molecule has 1 aromatic heterocycles. The van der Waals surface area contributed by atoms with Crippen molar-refractivity contribution in [3.05, 3.63) is 54.4 Å². The van der Waals surface area contributed by atoms with Gasteiger partial charge in [0.1, 0.15) is 0 Å². The molecule has 0 radical (unpaired) electrons. The molecule has 2 aromatic rings. The number of thiocarbonyl (C=S) groups is 1. The van der Waals surface area contributed by atoms with Gasteiger partial charge in [-0.1, -0.05) is 26.0 Å². The van der Waals surface area contributed by atoms with Crippen LogP contribution >= 0.6 is 12.2 Å². The van der Waals surface area contributed by atoms with E-state index >= 15 is 0 Å². The number of pyridine rings is 1. The smallest absolute Gasteiger partial charge is 0.175 e. The van der Waals surface area contributed by atoms with Gasteiger partial charge in [-0.05, 0) is 54.4 Å². The molecular formula is C16H19N3S. The Morgan fingerprint density at radius 1 is 1.15 bits per heavy atom. The molecule has 20 heavy (non-hydrogen) atoms. The number of aromatic nitrogens is 1. The Morgan fingerprint density at radius 2 is 1.85 bits per heavy atom. The molecule has 0 aliphatic rings. The zero-order valence-electron chi connectivity index (χ0n) is 11.8. The second-order valence-corrected chi connectivity index (χ2v) is 5.16. The van der Waals surface area contributed by atoms with Gasteiger partial charge in [0.15, 0.2) is 5.11 Å². The Labute approximate surface area is 125 Å². The first-order valence-corrected chi connectivity index (χ1v) is 7.18. The van der Waals surface area contributed by atoms with Gasteiger partial charge in [-0.3, -0.25) is 4.98 Å². The minimum atomic E-state index is 0.564. The van der Waals surface area contributed by atoms with Gasteiger partial charge in [-0.15, -0.1) is 0 Å². The molecule has 0 aliphatic carbocycles. The van der Waals surface area contributed by atoms with Gasteiger partial charge in [-0.25, -0.2) is 0 Å². The molecule has 0 spiro atoms. The Morgan fingerprint density at radius 3 is 2.45 bits per heavy atom. The number of nitrogens with zero attached hydrogens (tertiary/aromatic N) is 1. The fourth-order valence-corrected chi connectivity index (χ4v) is 2.10. The number of hydrogen-bond donors (Lipinski definition) is 2. The van der Waals surface area contributed by atoms with E-state index < -0.39 is 0 Å². The van der Waals surface area contributed by atoms with E-state index in [0.717, 1.165) is 17.8 Å². The van der Waals surface area contributed by atoms with E-state index in [4.69, 9.17) is 12.2 Å². The first kappa shape index (κ1) is 14.5. The van der Waals surface area contributed by atoms with Crippen molar-refractivity contribution in [3.8, 4) is 0 Å². The van der Waals surface area contributed by atoms with Gasteiger partial charge in [-0.2, -0.15) is 0 Å². The zero-order chi connectivity index (χ0) is 14.4. The van der Waals surface area contributed by atoms with Crippen molar-refractivity contribution in [1.29, 1.82) is 0 Å². The summed E-state index contributed by atoms with van der Waals surface area (Å²) in [5.41, 5.74) is 3.21. The van der Waals surface area contributed by atoms with Crippen LogP contribution in [-0.4, -0.2) is 10.1 Å². The first-order chi connectivity index (χ1) is 9.69. The van der Waals surface area contributed by atoms with Crippen LogP contribution in [0, 0.1) is 0 Å². The molecule has 0 amide bonds. The highest BCUT2D eigenvalue weighted by molar-refractivity contribution is 7.80. The molecule has 1 heterocycles. The lowest BCUT2D eigenvalue weighted by atomic mass is 9.99. The summed E-state index contributed by atoms with van der Waals surface area (Å²) in [4.78, 5) is 4.04. The lowest BCUT2D eigenvalue weighted by molar-refractivity contribution is 0.734. The van der Waals surface area contributed by atoms with Gasteiger partial charge in [0.2, 0.25) is 0 Å². The van der Waals surface area contributed by atoms with Crippen LogP contribution in [0.4, 0.5) is 11.4 Å². The summed E-state index contributed by atoms with van der Waals surface area (Å²) in [5, 5.41) is 6.83. The molecule has 4 heteroatoms. The average molecular weight is 285 g/mol. The van der Waals surface area contributed by atoms with E-state index in [-0.39, 0.29) is 0 Å². The third kappa shape index (κ3) is 4.03. The predicted molar refractivity (Wildman–Crippen MR) is 89.2 cm³/mol. The SMILES string of the molecule is CCC(C)c1ccc(NC(=S)Nc2cccnc2)cc1. The number of hydrogen-bond acceptors (Lipinski definition) is 2. The van der Waals surface area contributed by atoms with Crippen molar-refractivity contribution in [1.82, 2.24) is 4.98 Å². The first-order valence-electron chi connectivity index (χ1n) is 6.77. The maximum Gasteiger partial charge on any atom is 0.175 e. The third-order valence-corrected chi connectivity index (χ3v) is 3.47. The monoisotopic (exact) mass is 285 g/mol. The molecule has 2 N–H and O–H groups in total. The summed E-state index contributed by atoms with van der Waals surface area (Å²) >= 11 is 5.28. The van der Waals surface area contributed by atoms with Crippen LogP contribution in [0.1, 0.15) is 31.7 Å². The fraction of sp³-hybridized carbons (Fsp3) is 0.250. The van der Waals surface area contributed by atoms with Crippen molar-refractivity contribution in [2.45, 2.75) is 26.2 Å². The van der Waals surface area contributed by atoms with Crippen LogP contribution < -0.4 is 10.6 Å². The average Bonchev–Trinajstić information content (AvgIpc) is 2.48. The Hall–Kier alpha value is -1.94. The van der Waals surface area contributed by atoms with Gasteiger partial charge in [0, 0.05) is 11.9 Å². The van der Waals surface area contributed by atoms with E-state index in [1.807, 2.05) is 12.1 Å². The summed E-state index contributed by atoms with van der Waals surface area (Å²) < 4.78 is 0. The summed E-state index contributed by atoms with van der Waals surface area (Å²) in [6.45, 7) is 4.43. The highest BCUT2D eigenvalue weighted by Gasteiger charge is 2.03. The molecule has 0 fully saturated rings. The highest BCUT2D eigenvalue weighted by atomic mass is 32.1. The lowest BCUT2D eigenvalue weighted by Gasteiger charge is -2.12. The van der Waals surface area contributed by atoms with Crippen LogP contribution in [0.25, 0.3) is 0 Å². The summed E-state index contributed by atoms with van der Waals surface area (Å²) in [5.74, 6) is 0.588. The lowest BCUT2D eigenvalue weighted by Crippen LogP contribution is -2.19.